The molecule has 0 aliphatic carbocycles. The number of nitrogens with zero attached hydrogens (tertiary/aromatic N) is 3. The van der Waals surface area contributed by atoms with Gasteiger partial charge < -0.3 is 10.4 Å². The van der Waals surface area contributed by atoms with Crippen LogP contribution in [-0.4, -0.2) is 25.8 Å². The van der Waals surface area contributed by atoms with Gasteiger partial charge >= 0.3 is 5.97 Å². The lowest BCUT2D eigenvalue weighted by Gasteiger charge is -2.07. The molecule has 2 aromatic heterocycles. The molecule has 0 aliphatic heterocycles. The molecule has 0 atom stereocenters. The van der Waals surface area contributed by atoms with Gasteiger partial charge in [0.1, 0.15) is 11.4 Å². The van der Waals surface area contributed by atoms with Crippen LogP contribution in [0.1, 0.15) is 15.9 Å². The van der Waals surface area contributed by atoms with E-state index in [0.717, 1.165) is 0 Å². The number of aryl methyl sites for hydroxylation is 2. The van der Waals surface area contributed by atoms with Gasteiger partial charge in [-0.3, -0.25) is 4.68 Å². The van der Waals surface area contributed by atoms with Crippen molar-refractivity contribution in [2.24, 2.45) is 7.05 Å². The summed E-state index contributed by atoms with van der Waals surface area (Å²) in [6.45, 7) is 1.73. The lowest BCUT2D eigenvalue weighted by atomic mass is 10.1. The van der Waals surface area contributed by atoms with Crippen LogP contribution >= 0.6 is 0 Å². The number of carbonyl (C=O) groups is 1. The van der Waals surface area contributed by atoms with Crippen molar-refractivity contribution < 1.29 is 9.90 Å². The van der Waals surface area contributed by atoms with E-state index in [1.54, 1.807) is 43.2 Å². The first-order chi connectivity index (χ1) is 8.08. The summed E-state index contributed by atoms with van der Waals surface area (Å²) < 4.78 is 1.62. The van der Waals surface area contributed by atoms with Crippen LogP contribution in [0.3, 0.4) is 0 Å². The number of hydrogen-bond acceptors (Lipinski definition) is 4. The Morgan fingerprint density at radius 2 is 2.24 bits per heavy atom. The molecule has 2 rings (SSSR count). The van der Waals surface area contributed by atoms with Crippen molar-refractivity contribution in [1.82, 2.24) is 14.8 Å². The standard InChI is InChI=1S/C11H12N4O2/c1-7-3-5-12-10(9(7)11(16)17)13-8-4-6-15(2)14-8/h3-6H,1-2H3,(H,16,17)(H,12,13,14). The number of rotatable bonds is 3. The summed E-state index contributed by atoms with van der Waals surface area (Å²) in [6, 6.07) is 3.41. The third-order valence-corrected chi connectivity index (χ3v) is 2.33. The number of hydrogen-bond donors (Lipinski definition) is 2. The highest BCUT2D eigenvalue weighted by molar-refractivity contribution is 5.95. The highest BCUT2D eigenvalue weighted by Gasteiger charge is 2.14. The molecule has 0 spiro atoms. The van der Waals surface area contributed by atoms with Crippen molar-refractivity contribution in [2.45, 2.75) is 6.92 Å². The Kier molecular flexibility index (Phi) is 2.78. The summed E-state index contributed by atoms with van der Waals surface area (Å²) in [5, 5.41) is 16.1. The molecule has 2 N–H and O–H groups in total. The molecular formula is C11H12N4O2. The summed E-state index contributed by atoms with van der Waals surface area (Å²) in [7, 11) is 1.78. The third-order valence-electron chi connectivity index (χ3n) is 2.33. The summed E-state index contributed by atoms with van der Waals surface area (Å²) >= 11 is 0. The minimum atomic E-state index is -1.01. The molecular weight excluding hydrogens is 220 g/mol. The Morgan fingerprint density at radius 3 is 2.82 bits per heavy atom. The number of aromatic carboxylic acids is 1. The molecule has 0 radical (unpaired) electrons. The van der Waals surface area contributed by atoms with E-state index < -0.39 is 5.97 Å². The zero-order chi connectivity index (χ0) is 12.4. The zero-order valence-electron chi connectivity index (χ0n) is 9.51. The van der Waals surface area contributed by atoms with Gasteiger partial charge in [0, 0.05) is 25.5 Å². The van der Waals surface area contributed by atoms with Crippen LogP contribution in [0.5, 0.6) is 0 Å². The third kappa shape index (κ3) is 2.25. The first-order valence-electron chi connectivity index (χ1n) is 5.03. The number of pyridine rings is 1. The van der Waals surface area contributed by atoms with Crippen LogP contribution in [0.25, 0.3) is 0 Å². The van der Waals surface area contributed by atoms with Gasteiger partial charge in [0.2, 0.25) is 0 Å². The van der Waals surface area contributed by atoms with Crippen molar-refractivity contribution in [3.63, 3.8) is 0 Å². The molecule has 0 aromatic carbocycles. The molecule has 0 aliphatic rings. The Labute approximate surface area is 97.9 Å². The second-order valence-electron chi connectivity index (χ2n) is 3.66. The van der Waals surface area contributed by atoms with Gasteiger partial charge in [0.15, 0.2) is 5.82 Å². The molecule has 88 valence electrons. The maximum Gasteiger partial charge on any atom is 0.339 e. The predicted octanol–water partition coefficient (Wildman–Crippen LogP) is 1.57. The molecule has 0 saturated carbocycles. The van der Waals surface area contributed by atoms with Crippen LogP contribution in [0.4, 0.5) is 11.6 Å². The lowest BCUT2D eigenvalue weighted by Crippen LogP contribution is -2.07. The van der Waals surface area contributed by atoms with Gasteiger partial charge in [0.05, 0.1) is 0 Å². The fourth-order valence-electron chi connectivity index (χ4n) is 1.53. The first-order valence-corrected chi connectivity index (χ1v) is 5.03. The van der Waals surface area contributed by atoms with Crippen LogP contribution in [0, 0.1) is 6.92 Å². The van der Waals surface area contributed by atoms with Crippen molar-refractivity contribution in [3.05, 3.63) is 35.7 Å². The average Bonchev–Trinajstić information content (AvgIpc) is 2.63. The van der Waals surface area contributed by atoms with Gasteiger partial charge in [-0.2, -0.15) is 5.10 Å². The van der Waals surface area contributed by atoms with Gasteiger partial charge in [-0.1, -0.05) is 0 Å². The van der Waals surface area contributed by atoms with Gasteiger partial charge in [0.25, 0.3) is 0 Å². The number of anilines is 2. The van der Waals surface area contributed by atoms with Crippen molar-refractivity contribution in [1.29, 1.82) is 0 Å². The molecule has 17 heavy (non-hydrogen) atoms. The molecule has 6 nitrogen and oxygen atoms in total. The Morgan fingerprint density at radius 1 is 1.47 bits per heavy atom. The minimum Gasteiger partial charge on any atom is -0.478 e. The molecule has 2 aromatic rings. The summed E-state index contributed by atoms with van der Waals surface area (Å²) in [5.41, 5.74) is 0.823. The van der Waals surface area contributed by atoms with Crippen LogP contribution < -0.4 is 5.32 Å². The summed E-state index contributed by atoms with van der Waals surface area (Å²) in [4.78, 5) is 15.2. The van der Waals surface area contributed by atoms with Crippen LogP contribution in [0.15, 0.2) is 24.5 Å². The van der Waals surface area contributed by atoms with Crippen LogP contribution in [-0.2, 0) is 7.05 Å². The molecule has 2 heterocycles. The summed E-state index contributed by atoms with van der Waals surface area (Å²) in [5.74, 6) is -0.140. The molecule has 0 amide bonds. The van der Waals surface area contributed by atoms with E-state index in [-0.39, 0.29) is 5.56 Å². The Bertz CT molecular complexity index is 562. The van der Waals surface area contributed by atoms with E-state index in [0.29, 0.717) is 17.2 Å². The Balaban J connectivity index is 2.39. The monoisotopic (exact) mass is 232 g/mol. The van der Waals surface area contributed by atoms with Crippen molar-refractivity contribution in [3.8, 4) is 0 Å². The first kappa shape index (κ1) is 11.1. The number of carboxylic acid groups (broad SMARTS) is 1. The van der Waals surface area contributed by atoms with E-state index in [1.807, 2.05) is 0 Å². The molecule has 6 heteroatoms. The maximum atomic E-state index is 11.1. The predicted molar refractivity (Wildman–Crippen MR) is 62.4 cm³/mol. The largest absolute Gasteiger partial charge is 0.478 e. The number of nitrogens with one attached hydrogen (secondary N) is 1. The number of carboxylic acids is 1. The molecule has 0 bridgehead atoms. The second kappa shape index (κ2) is 4.25. The Hall–Kier alpha value is -2.37. The fourth-order valence-corrected chi connectivity index (χ4v) is 1.53. The van der Waals surface area contributed by atoms with E-state index >= 15 is 0 Å². The van der Waals surface area contributed by atoms with Crippen molar-refractivity contribution in [2.75, 3.05) is 5.32 Å². The highest BCUT2D eigenvalue weighted by atomic mass is 16.4. The smallest absolute Gasteiger partial charge is 0.339 e. The van der Waals surface area contributed by atoms with E-state index in [1.165, 1.54) is 0 Å². The fraction of sp³-hybridized carbons (Fsp3) is 0.182. The van der Waals surface area contributed by atoms with Crippen molar-refractivity contribution >= 4 is 17.6 Å². The van der Waals surface area contributed by atoms with Gasteiger partial charge in [-0.15, -0.1) is 0 Å². The van der Waals surface area contributed by atoms with E-state index in [4.69, 9.17) is 5.11 Å². The topological polar surface area (TPSA) is 80.0 Å². The quantitative estimate of drug-likeness (QED) is 0.839. The molecule has 0 fully saturated rings. The summed E-state index contributed by atoms with van der Waals surface area (Å²) in [6.07, 6.45) is 3.33. The van der Waals surface area contributed by atoms with E-state index in [9.17, 15) is 4.79 Å². The minimum absolute atomic E-state index is 0.165. The zero-order valence-corrected chi connectivity index (χ0v) is 9.51. The maximum absolute atomic E-state index is 11.1. The second-order valence-corrected chi connectivity index (χ2v) is 3.66. The van der Waals surface area contributed by atoms with E-state index in [2.05, 4.69) is 15.4 Å². The van der Waals surface area contributed by atoms with Gasteiger partial charge in [-0.25, -0.2) is 9.78 Å². The lowest BCUT2D eigenvalue weighted by molar-refractivity contribution is 0.0697. The molecule has 0 unspecified atom stereocenters. The highest BCUT2D eigenvalue weighted by Crippen LogP contribution is 2.19. The average molecular weight is 232 g/mol. The number of aromatic nitrogens is 3. The van der Waals surface area contributed by atoms with Gasteiger partial charge in [-0.05, 0) is 18.6 Å². The SMILES string of the molecule is Cc1ccnc(Nc2ccn(C)n2)c1C(=O)O. The van der Waals surface area contributed by atoms with Crippen LogP contribution in [0.2, 0.25) is 0 Å². The normalized spacial score (nSPS) is 10.2. The molecule has 0 saturated heterocycles.